The summed E-state index contributed by atoms with van der Waals surface area (Å²) in [7, 11) is 0. The minimum Gasteiger partial charge on any atom is -0.357 e. The lowest BCUT2D eigenvalue weighted by atomic mass is 10.2. The van der Waals surface area contributed by atoms with Crippen molar-refractivity contribution in [3.05, 3.63) is 64.4 Å². The van der Waals surface area contributed by atoms with Crippen molar-refractivity contribution in [1.29, 1.82) is 0 Å². The van der Waals surface area contributed by atoms with Crippen LogP contribution in [-0.2, 0) is 19.1 Å². The second-order valence-electron chi connectivity index (χ2n) is 6.25. The molecule has 0 spiro atoms. The molecular formula is C19H20F4N6S. The Morgan fingerprint density at radius 1 is 1.27 bits per heavy atom. The van der Waals surface area contributed by atoms with Gasteiger partial charge in [0.1, 0.15) is 5.82 Å². The second-order valence-corrected chi connectivity index (χ2v) is 7.19. The van der Waals surface area contributed by atoms with E-state index in [2.05, 4.69) is 25.6 Å². The number of imidazole rings is 1. The molecule has 0 bridgehead atoms. The topological polar surface area (TPSA) is 67.1 Å². The van der Waals surface area contributed by atoms with Crippen LogP contribution in [0.25, 0.3) is 5.69 Å². The highest BCUT2D eigenvalue weighted by molar-refractivity contribution is 7.09. The van der Waals surface area contributed by atoms with Crippen molar-refractivity contribution in [2.24, 2.45) is 4.99 Å². The summed E-state index contributed by atoms with van der Waals surface area (Å²) in [6.45, 7) is 3.11. The van der Waals surface area contributed by atoms with Crippen LogP contribution in [0.2, 0.25) is 0 Å². The molecule has 0 fully saturated rings. The monoisotopic (exact) mass is 440 g/mol. The van der Waals surface area contributed by atoms with Gasteiger partial charge in [0.25, 0.3) is 0 Å². The Morgan fingerprint density at radius 2 is 2.10 bits per heavy atom. The molecule has 3 rings (SSSR count). The molecule has 2 aromatic heterocycles. The van der Waals surface area contributed by atoms with E-state index in [1.165, 1.54) is 12.4 Å². The third-order valence-corrected chi connectivity index (χ3v) is 4.94. The fraction of sp³-hybridized carbons (Fsp3) is 0.316. The molecule has 11 heteroatoms. The first kappa shape index (κ1) is 21.8. The summed E-state index contributed by atoms with van der Waals surface area (Å²) < 4.78 is 53.8. The molecule has 30 heavy (non-hydrogen) atoms. The number of nitrogens with zero attached hydrogens (tertiary/aromatic N) is 4. The number of hydrogen-bond donors (Lipinski definition) is 2. The van der Waals surface area contributed by atoms with E-state index in [-0.39, 0.29) is 12.4 Å². The summed E-state index contributed by atoms with van der Waals surface area (Å²) in [4.78, 5) is 11.9. The first-order chi connectivity index (χ1) is 14.4. The molecule has 2 heterocycles. The summed E-state index contributed by atoms with van der Waals surface area (Å²) in [6.07, 6.45) is 0.648. The van der Waals surface area contributed by atoms with Gasteiger partial charge in [-0.3, -0.25) is 0 Å². The van der Waals surface area contributed by atoms with Crippen molar-refractivity contribution >= 4 is 17.3 Å². The number of rotatable bonds is 7. The largest absolute Gasteiger partial charge is 0.434 e. The van der Waals surface area contributed by atoms with Gasteiger partial charge in [0.2, 0.25) is 0 Å². The van der Waals surface area contributed by atoms with Gasteiger partial charge in [-0.25, -0.2) is 19.4 Å². The van der Waals surface area contributed by atoms with Gasteiger partial charge in [-0.2, -0.15) is 13.2 Å². The molecule has 0 unspecified atom stereocenters. The maximum atomic E-state index is 14.3. The van der Waals surface area contributed by atoms with Gasteiger partial charge in [0.05, 0.1) is 23.6 Å². The molecule has 6 nitrogen and oxygen atoms in total. The number of benzene rings is 1. The molecular weight excluding hydrogens is 420 g/mol. The highest BCUT2D eigenvalue weighted by Crippen LogP contribution is 2.30. The summed E-state index contributed by atoms with van der Waals surface area (Å²) in [5, 5.41) is 7.51. The summed E-state index contributed by atoms with van der Waals surface area (Å²) in [6, 6.07) is 4.85. The molecule has 1 aromatic carbocycles. The van der Waals surface area contributed by atoms with Crippen LogP contribution in [0.1, 0.15) is 23.2 Å². The van der Waals surface area contributed by atoms with E-state index in [4.69, 9.17) is 0 Å². The number of guanidine groups is 1. The normalized spacial score (nSPS) is 12.2. The zero-order valence-electron chi connectivity index (χ0n) is 16.1. The maximum Gasteiger partial charge on any atom is 0.434 e. The number of nitrogens with one attached hydrogen (secondary N) is 2. The van der Waals surface area contributed by atoms with Crippen LogP contribution in [-0.4, -0.2) is 33.6 Å². The highest BCUT2D eigenvalue weighted by atomic mass is 32.1. The summed E-state index contributed by atoms with van der Waals surface area (Å²) in [5.41, 5.74) is 0.208. The van der Waals surface area contributed by atoms with E-state index in [9.17, 15) is 17.6 Å². The zero-order chi connectivity index (χ0) is 21.6. The molecule has 2 N–H and O–H groups in total. The molecule has 0 aliphatic heterocycles. The molecule has 160 valence electrons. The van der Waals surface area contributed by atoms with E-state index in [0.717, 1.165) is 16.7 Å². The molecule has 0 atom stereocenters. The van der Waals surface area contributed by atoms with Gasteiger partial charge >= 0.3 is 6.18 Å². The molecule has 0 radical (unpaired) electrons. The van der Waals surface area contributed by atoms with E-state index >= 15 is 0 Å². The lowest BCUT2D eigenvalue weighted by molar-refractivity contribution is -0.140. The Hall–Kier alpha value is -2.95. The van der Waals surface area contributed by atoms with Crippen LogP contribution in [0, 0.1) is 5.82 Å². The average molecular weight is 440 g/mol. The number of alkyl halides is 3. The maximum absolute atomic E-state index is 14.3. The third kappa shape index (κ3) is 5.78. The Morgan fingerprint density at radius 3 is 2.73 bits per heavy atom. The molecule has 3 aromatic rings. The van der Waals surface area contributed by atoms with Crippen molar-refractivity contribution in [3.63, 3.8) is 0 Å². The van der Waals surface area contributed by atoms with Crippen LogP contribution in [0.15, 0.2) is 47.3 Å². The Balaban J connectivity index is 1.58. The molecule has 0 saturated carbocycles. The summed E-state index contributed by atoms with van der Waals surface area (Å²) in [5.74, 6) is 0.104. The van der Waals surface area contributed by atoms with Gasteiger partial charge in [-0.05, 0) is 24.6 Å². The van der Waals surface area contributed by atoms with Crippen LogP contribution in [0.5, 0.6) is 0 Å². The molecule has 0 amide bonds. The first-order valence-electron chi connectivity index (χ1n) is 9.17. The zero-order valence-corrected chi connectivity index (χ0v) is 16.9. The fourth-order valence-corrected chi connectivity index (χ4v) is 3.42. The lowest BCUT2D eigenvalue weighted by Crippen LogP contribution is -2.38. The van der Waals surface area contributed by atoms with E-state index < -0.39 is 11.9 Å². The van der Waals surface area contributed by atoms with Crippen LogP contribution in [0.4, 0.5) is 17.6 Å². The quantitative estimate of drug-likeness (QED) is 0.333. The standard InChI is InChI=1S/C19H20F4N6S/c1-2-25-18(26-6-5-17-28-16(11-30-17)19(21,22)23)27-10-13-3-4-15(14(20)9-13)29-8-7-24-12-29/h3-4,7-9,11-12H,2,5-6,10H2,1H3,(H2,25,26,27). The van der Waals surface area contributed by atoms with Gasteiger partial charge in [-0.1, -0.05) is 6.07 Å². The molecule has 0 saturated heterocycles. The number of aliphatic imine (C=N–C) groups is 1. The fourth-order valence-electron chi connectivity index (χ4n) is 2.62. The highest BCUT2D eigenvalue weighted by Gasteiger charge is 2.33. The van der Waals surface area contributed by atoms with E-state index in [1.807, 2.05) is 6.92 Å². The second kappa shape index (κ2) is 9.70. The van der Waals surface area contributed by atoms with Crippen LogP contribution < -0.4 is 10.6 Å². The van der Waals surface area contributed by atoms with Crippen molar-refractivity contribution in [2.75, 3.05) is 13.1 Å². The minimum atomic E-state index is -4.43. The average Bonchev–Trinajstić information content (AvgIpc) is 3.38. The van der Waals surface area contributed by atoms with Crippen LogP contribution in [0.3, 0.4) is 0 Å². The van der Waals surface area contributed by atoms with Gasteiger partial charge in [0, 0.05) is 37.3 Å². The lowest BCUT2D eigenvalue weighted by Gasteiger charge is -2.11. The number of hydrogen-bond acceptors (Lipinski definition) is 4. The Labute approximate surface area is 174 Å². The van der Waals surface area contributed by atoms with Crippen molar-refractivity contribution < 1.29 is 17.6 Å². The third-order valence-electron chi connectivity index (χ3n) is 4.03. The van der Waals surface area contributed by atoms with E-state index in [1.54, 1.807) is 29.1 Å². The number of aromatic nitrogens is 3. The predicted octanol–water partition coefficient (Wildman–Crippen LogP) is 3.78. The molecule has 0 aliphatic carbocycles. The SMILES string of the molecule is CCNC(=NCc1ccc(-n2ccnc2)c(F)c1)NCCc1nc(C(F)(F)F)cs1. The predicted molar refractivity (Wildman–Crippen MR) is 107 cm³/mol. The van der Waals surface area contributed by atoms with Crippen molar-refractivity contribution in [3.8, 4) is 5.69 Å². The summed E-state index contributed by atoms with van der Waals surface area (Å²) >= 11 is 0.974. The van der Waals surface area contributed by atoms with Gasteiger partial charge < -0.3 is 15.2 Å². The van der Waals surface area contributed by atoms with E-state index in [0.29, 0.717) is 41.7 Å². The van der Waals surface area contributed by atoms with Crippen LogP contribution >= 0.6 is 11.3 Å². The van der Waals surface area contributed by atoms with Gasteiger partial charge in [-0.15, -0.1) is 11.3 Å². The first-order valence-corrected chi connectivity index (χ1v) is 10.1. The van der Waals surface area contributed by atoms with Crippen molar-refractivity contribution in [1.82, 2.24) is 25.2 Å². The smallest absolute Gasteiger partial charge is 0.357 e. The van der Waals surface area contributed by atoms with Gasteiger partial charge in [0.15, 0.2) is 11.7 Å². The minimum absolute atomic E-state index is 0.242. The number of halogens is 4. The Bertz CT molecular complexity index is 981. The van der Waals surface area contributed by atoms with Crippen molar-refractivity contribution in [2.45, 2.75) is 26.1 Å². The number of thiazole rings is 1. The molecule has 0 aliphatic rings. The Kier molecular flexibility index (Phi) is 7.03.